The fraction of sp³-hybridized carbons (Fsp3) is 0.364. The lowest BCUT2D eigenvalue weighted by atomic mass is 9.98. The summed E-state index contributed by atoms with van der Waals surface area (Å²) >= 11 is 5.73. The fourth-order valence-electron chi connectivity index (χ4n) is 1.46. The zero-order chi connectivity index (χ0) is 12.3. The maximum atomic E-state index is 13.5. The third-order valence-electron chi connectivity index (χ3n) is 2.18. The molecule has 1 aromatic rings. The highest BCUT2D eigenvalue weighted by Gasteiger charge is 2.24. The number of nitrogens with zero attached hydrogens (tertiary/aromatic N) is 1. The normalized spacial score (nSPS) is 12.8. The van der Waals surface area contributed by atoms with Crippen LogP contribution in [0.2, 0.25) is 5.02 Å². The SMILES string of the molecule is CN(C)CC(C(=O)O)c1cc(Cl)ccc1F. The number of carboxylic acids is 1. The van der Waals surface area contributed by atoms with E-state index in [1.807, 2.05) is 0 Å². The lowest BCUT2D eigenvalue weighted by molar-refractivity contribution is -0.139. The maximum Gasteiger partial charge on any atom is 0.312 e. The average Bonchev–Trinajstić information content (AvgIpc) is 2.18. The molecule has 3 nitrogen and oxygen atoms in total. The van der Waals surface area contributed by atoms with E-state index in [1.165, 1.54) is 18.2 Å². The van der Waals surface area contributed by atoms with Crippen molar-refractivity contribution in [1.29, 1.82) is 0 Å². The van der Waals surface area contributed by atoms with Crippen LogP contribution in [0.1, 0.15) is 11.5 Å². The Hall–Kier alpha value is -1.13. The van der Waals surface area contributed by atoms with Crippen LogP contribution in [0.5, 0.6) is 0 Å². The van der Waals surface area contributed by atoms with E-state index in [2.05, 4.69) is 0 Å². The maximum absolute atomic E-state index is 13.5. The zero-order valence-corrected chi connectivity index (χ0v) is 9.83. The zero-order valence-electron chi connectivity index (χ0n) is 9.08. The van der Waals surface area contributed by atoms with Crippen molar-refractivity contribution in [3.8, 4) is 0 Å². The second-order valence-electron chi connectivity index (χ2n) is 3.82. The van der Waals surface area contributed by atoms with E-state index in [1.54, 1.807) is 19.0 Å². The van der Waals surface area contributed by atoms with Crippen LogP contribution in [-0.2, 0) is 4.79 Å². The van der Waals surface area contributed by atoms with Gasteiger partial charge in [-0.2, -0.15) is 0 Å². The molecule has 1 aromatic carbocycles. The Balaban J connectivity index is 3.10. The number of hydrogen-bond acceptors (Lipinski definition) is 2. The molecule has 1 unspecified atom stereocenters. The van der Waals surface area contributed by atoms with E-state index < -0.39 is 17.7 Å². The monoisotopic (exact) mass is 245 g/mol. The van der Waals surface area contributed by atoms with Crippen molar-refractivity contribution < 1.29 is 14.3 Å². The first-order valence-corrected chi connectivity index (χ1v) is 5.12. The summed E-state index contributed by atoms with van der Waals surface area (Å²) in [6, 6.07) is 3.94. The fourth-order valence-corrected chi connectivity index (χ4v) is 1.64. The molecule has 0 heterocycles. The Labute approximate surface area is 98.4 Å². The van der Waals surface area contributed by atoms with Crippen LogP contribution in [0.15, 0.2) is 18.2 Å². The standard InChI is InChI=1S/C11H13ClFNO2/c1-14(2)6-9(11(15)16)8-5-7(12)3-4-10(8)13/h3-5,9H,6H2,1-2H3,(H,15,16). The molecule has 0 saturated carbocycles. The molecule has 0 aromatic heterocycles. The van der Waals surface area contributed by atoms with Crippen molar-refractivity contribution in [2.75, 3.05) is 20.6 Å². The second kappa shape index (κ2) is 5.27. The predicted molar refractivity (Wildman–Crippen MR) is 60.3 cm³/mol. The van der Waals surface area contributed by atoms with Gasteiger partial charge >= 0.3 is 5.97 Å². The van der Waals surface area contributed by atoms with E-state index >= 15 is 0 Å². The second-order valence-corrected chi connectivity index (χ2v) is 4.26. The Morgan fingerprint density at radius 1 is 1.56 bits per heavy atom. The van der Waals surface area contributed by atoms with E-state index in [-0.39, 0.29) is 12.1 Å². The van der Waals surface area contributed by atoms with Crippen molar-refractivity contribution in [2.24, 2.45) is 0 Å². The predicted octanol–water partition coefficient (Wildman–Crippen LogP) is 2.21. The number of rotatable bonds is 4. The molecule has 16 heavy (non-hydrogen) atoms. The van der Waals surface area contributed by atoms with Crippen LogP contribution < -0.4 is 0 Å². The molecule has 0 saturated heterocycles. The van der Waals surface area contributed by atoms with Crippen molar-refractivity contribution in [2.45, 2.75) is 5.92 Å². The molecular formula is C11H13ClFNO2. The van der Waals surface area contributed by atoms with Gasteiger partial charge in [-0.1, -0.05) is 11.6 Å². The molecule has 0 aliphatic carbocycles. The highest BCUT2D eigenvalue weighted by atomic mass is 35.5. The van der Waals surface area contributed by atoms with Crippen LogP contribution >= 0.6 is 11.6 Å². The number of aliphatic carboxylic acids is 1. The molecule has 5 heteroatoms. The van der Waals surface area contributed by atoms with E-state index in [0.717, 1.165) is 0 Å². The Morgan fingerprint density at radius 3 is 2.69 bits per heavy atom. The average molecular weight is 246 g/mol. The first kappa shape index (κ1) is 12.9. The number of benzene rings is 1. The van der Waals surface area contributed by atoms with Crippen molar-refractivity contribution in [3.05, 3.63) is 34.6 Å². The van der Waals surface area contributed by atoms with E-state index in [0.29, 0.717) is 5.02 Å². The summed E-state index contributed by atoms with van der Waals surface area (Å²) in [5.41, 5.74) is 0.119. The highest BCUT2D eigenvalue weighted by Crippen LogP contribution is 2.23. The summed E-state index contributed by atoms with van der Waals surface area (Å²) < 4.78 is 13.5. The number of hydrogen-bond donors (Lipinski definition) is 1. The highest BCUT2D eigenvalue weighted by molar-refractivity contribution is 6.30. The van der Waals surface area contributed by atoms with E-state index in [9.17, 15) is 9.18 Å². The molecular weight excluding hydrogens is 233 g/mol. The quantitative estimate of drug-likeness (QED) is 0.884. The molecule has 1 rings (SSSR count). The van der Waals surface area contributed by atoms with Crippen LogP contribution in [0.4, 0.5) is 4.39 Å². The van der Waals surface area contributed by atoms with Crippen molar-refractivity contribution in [3.63, 3.8) is 0 Å². The minimum atomic E-state index is -1.06. The first-order chi connectivity index (χ1) is 7.41. The summed E-state index contributed by atoms with van der Waals surface area (Å²) in [5.74, 6) is -2.51. The number of carboxylic acid groups (broad SMARTS) is 1. The third kappa shape index (κ3) is 3.18. The molecule has 0 aliphatic heterocycles. The van der Waals surface area contributed by atoms with Gasteiger partial charge in [-0.05, 0) is 32.3 Å². The molecule has 0 aliphatic rings. The largest absolute Gasteiger partial charge is 0.481 e. The third-order valence-corrected chi connectivity index (χ3v) is 2.41. The van der Waals surface area contributed by atoms with Crippen molar-refractivity contribution in [1.82, 2.24) is 4.90 Å². The van der Waals surface area contributed by atoms with Gasteiger partial charge in [0.1, 0.15) is 5.82 Å². The van der Waals surface area contributed by atoms with Crippen LogP contribution in [-0.4, -0.2) is 36.6 Å². The molecule has 88 valence electrons. The lowest BCUT2D eigenvalue weighted by Gasteiger charge is -2.18. The minimum Gasteiger partial charge on any atom is -0.481 e. The van der Waals surface area contributed by atoms with Gasteiger partial charge in [-0.3, -0.25) is 4.79 Å². The number of carbonyl (C=O) groups is 1. The van der Waals surface area contributed by atoms with Gasteiger partial charge in [0.15, 0.2) is 0 Å². The smallest absolute Gasteiger partial charge is 0.312 e. The van der Waals surface area contributed by atoms with Gasteiger partial charge in [-0.15, -0.1) is 0 Å². The summed E-state index contributed by atoms with van der Waals surface area (Å²) in [6.45, 7) is 0.229. The first-order valence-electron chi connectivity index (χ1n) is 4.74. The summed E-state index contributed by atoms with van der Waals surface area (Å²) in [5, 5.41) is 9.39. The van der Waals surface area contributed by atoms with Gasteiger partial charge in [0, 0.05) is 17.1 Å². The molecule has 1 atom stereocenters. The van der Waals surface area contributed by atoms with E-state index in [4.69, 9.17) is 16.7 Å². The Kier molecular flexibility index (Phi) is 4.26. The molecule has 0 fully saturated rings. The topological polar surface area (TPSA) is 40.5 Å². The lowest BCUT2D eigenvalue weighted by Crippen LogP contribution is -2.26. The molecule has 0 radical (unpaired) electrons. The van der Waals surface area contributed by atoms with Crippen molar-refractivity contribution >= 4 is 17.6 Å². The van der Waals surface area contributed by atoms with Gasteiger partial charge in [0.05, 0.1) is 5.92 Å². The van der Waals surface area contributed by atoms with Gasteiger partial charge in [0.25, 0.3) is 0 Å². The van der Waals surface area contributed by atoms with Crippen LogP contribution in [0.3, 0.4) is 0 Å². The molecule has 0 spiro atoms. The number of halogens is 2. The van der Waals surface area contributed by atoms with Gasteiger partial charge in [-0.25, -0.2) is 4.39 Å². The Morgan fingerprint density at radius 2 is 2.19 bits per heavy atom. The molecule has 0 amide bonds. The minimum absolute atomic E-state index is 0.119. The molecule has 1 N–H and O–H groups in total. The summed E-state index contributed by atoms with van der Waals surface area (Å²) in [4.78, 5) is 12.8. The molecule has 0 bridgehead atoms. The van der Waals surface area contributed by atoms with Gasteiger partial charge in [0.2, 0.25) is 0 Å². The summed E-state index contributed by atoms with van der Waals surface area (Å²) in [6.07, 6.45) is 0. The van der Waals surface area contributed by atoms with Crippen LogP contribution in [0, 0.1) is 5.82 Å². The number of likely N-dealkylation sites (N-methyl/N-ethyl adjacent to an activating group) is 1. The van der Waals surface area contributed by atoms with Gasteiger partial charge < -0.3 is 10.0 Å². The summed E-state index contributed by atoms with van der Waals surface area (Å²) in [7, 11) is 3.47. The van der Waals surface area contributed by atoms with Crippen LogP contribution in [0.25, 0.3) is 0 Å². The Bertz CT molecular complexity index is 396.